The van der Waals surface area contributed by atoms with Crippen molar-refractivity contribution in [2.45, 2.75) is 12.5 Å². The molecular weight excluding hydrogens is 231 g/mol. The Labute approximate surface area is 103 Å². The SMILES string of the molecule is Nc1ccc2[nH]nc(NC3C=C(F)C=CC3)c2c1. The quantitative estimate of drug-likeness (QED) is 0.711. The molecule has 0 aliphatic heterocycles. The van der Waals surface area contributed by atoms with E-state index in [9.17, 15) is 4.39 Å². The molecule has 0 saturated heterocycles. The lowest BCUT2D eigenvalue weighted by molar-refractivity contribution is 0.644. The molecule has 4 nitrogen and oxygen atoms in total. The number of hydrogen-bond donors (Lipinski definition) is 3. The second kappa shape index (κ2) is 4.18. The van der Waals surface area contributed by atoms with Gasteiger partial charge in [0.15, 0.2) is 5.82 Å². The number of aromatic nitrogens is 2. The molecule has 0 spiro atoms. The van der Waals surface area contributed by atoms with E-state index in [0.717, 1.165) is 17.3 Å². The number of fused-ring (bicyclic) bond motifs is 1. The molecule has 2 aromatic rings. The molecule has 1 atom stereocenters. The van der Waals surface area contributed by atoms with Crippen LogP contribution >= 0.6 is 0 Å². The van der Waals surface area contributed by atoms with Crippen molar-refractivity contribution >= 4 is 22.4 Å². The summed E-state index contributed by atoms with van der Waals surface area (Å²) in [5, 5.41) is 11.2. The minimum atomic E-state index is -0.224. The molecule has 1 aromatic carbocycles. The molecule has 4 N–H and O–H groups in total. The number of benzene rings is 1. The lowest BCUT2D eigenvalue weighted by atomic mass is 10.1. The molecule has 0 amide bonds. The fourth-order valence-corrected chi connectivity index (χ4v) is 2.06. The van der Waals surface area contributed by atoms with Gasteiger partial charge in [-0.25, -0.2) is 4.39 Å². The van der Waals surface area contributed by atoms with E-state index in [1.807, 2.05) is 18.2 Å². The van der Waals surface area contributed by atoms with E-state index < -0.39 is 0 Å². The molecule has 1 aliphatic carbocycles. The Morgan fingerprint density at radius 1 is 1.44 bits per heavy atom. The second-order valence-electron chi connectivity index (χ2n) is 4.32. The Balaban J connectivity index is 1.91. The van der Waals surface area contributed by atoms with Crippen LogP contribution in [-0.4, -0.2) is 16.2 Å². The Hall–Kier alpha value is -2.30. The van der Waals surface area contributed by atoms with E-state index in [-0.39, 0.29) is 11.9 Å². The van der Waals surface area contributed by atoms with Crippen LogP contribution in [0.4, 0.5) is 15.9 Å². The fourth-order valence-electron chi connectivity index (χ4n) is 2.06. The lowest BCUT2D eigenvalue weighted by Crippen LogP contribution is -2.18. The van der Waals surface area contributed by atoms with Gasteiger partial charge in [-0.05, 0) is 36.8 Å². The third kappa shape index (κ3) is 1.95. The predicted octanol–water partition coefficient (Wildman–Crippen LogP) is 2.74. The number of nitrogens with one attached hydrogen (secondary N) is 2. The van der Waals surface area contributed by atoms with Gasteiger partial charge in [0.1, 0.15) is 5.83 Å². The Bertz CT molecular complexity index is 641. The lowest BCUT2D eigenvalue weighted by Gasteiger charge is -2.15. The van der Waals surface area contributed by atoms with Crippen LogP contribution in [0.25, 0.3) is 10.9 Å². The van der Waals surface area contributed by atoms with Crippen LogP contribution in [0.3, 0.4) is 0 Å². The summed E-state index contributed by atoms with van der Waals surface area (Å²) >= 11 is 0. The third-order valence-corrected chi connectivity index (χ3v) is 2.94. The number of H-pyrrole nitrogens is 1. The number of rotatable bonds is 2. The van der Waals surface area contributed by atoms with E-state index in [4.69, 9.17) is 5.73 Å². The molecule has 1 aliphatic rings. The van der Waals surface area contributed by atoms with Gasteiger partial charge in [-0.1, -0.05) is 6.08 Å². The van der Waals surface area contributed by atoms with Gasteiger partial charge in [0.05, 0.1) is 11.6 Å². The highest BCUT2D eigenvalue weighted by Crippen LogP contribution is 2.24. The van der Waals surface area contributed by atoms with Crippen molar-refractivity contribution in [3.05, 3.63) is 42.3 Å². The molecule has 0 saturated carbocycles. The predicted molar refractivity (Wildman–Crippen MR) is 70.9 cm³/mol. The van der Waals surface area contributed by atoms with Crippen LogP contribution in [0.2, 0.25) is 0 Å². The van der Waals surface area contributed by atoms with Crippen LogP contribution in [0, 0.1) is 0 Å². The molecule has 1 aromatic heterocycles. The van der Waals surface area contributed by atoms with Crippen molar-refractivity contribution in [3.63, 3.8) is 0 Å². The topological polar surface area (TPSA) is 66.7 Å². The molecular formula is C13H13FN4. The Morgan fingerprint density at radius 3 is 3.17 bits per heavy atom. The van der Waals surface area contributed by atoms with E-state index >= 15 is 0 Å². The molecule has 18 heavy (non-hydrogen) atoms. The maximum Gasteiger partial charge on any atom is 0.156 e. The zero-order valence-corrected chi connectivity index (χ0v) is 9.65. The number of allylic oxidation sites excluding steroid dienone is 2. The summed E-state index contributed by atoms with van der Waals surface area (Å²) in [5.41, 5.74) is 7.34. The standard InChI is InChI=1S/C13H13FN4/c14-8-2-1-3-10(6-8)16-13-11-7-9(15)4-5-12(11)17-18-13/h1-2,4-7,10H,3,15H2,(H2,16,17,18). The number of anilines is 2. The highest BCUT2D eigenvalue weighted by molar-refractivity contribution is 5.92. The summed E-state index contributed by atoms with van der Waals surface area (Å²) < 4.78 is 13.1. The average molecular weight is 244 g/mol. The first-order valence-electron chi connectivity index (χ1n) is 5.76. The Morgan fingerprint density at radius 2 is 2.33 bits per heavy atom. The molecule has 92 valence electrons. The van der Waals surface area contributed by atoms with Gasteiger partial charge in [0, 0.05) is 11.1 Å². The fraction of sp³-hybridized carbons (Fsp3) is 0.154. The smallest absolute Gasteiger partial charge is 0.156 e. The summed E-state index contributed by atoms with van der Waals surface area (Å²) in [6.45, 7) is 0. The van der Waals surface area contributed by atoms with Gasteiger partial charge < -0.3 is 11.1 Å². The van der Waals surface area contributed by atoms with Crippen molar-refractivity contribution in [1.82, 2.24) is 10.2 Å². The molecule has 3 rings (SSSR count). The molecule has 0 bridgehead atoms. The minimum absolute atomic E-state index is 0.0806. The zero-order chi connectivity index (χ0) is 12.5. The molecule has 1 heterocycles. The normalized spacial score (nSPS) is 18.9. The number of aromatic amines is 1. The van der Waals surface area contributed by atoms with E-state index in [1.165, 1.54) is 6.08 Å². The van der Waals surface area contributed by atoms with Gasteiger partial charge in [-0.2, -0.15) is 5.10 Å². The summed E-state index contributed by atoms with van der Waals surface area (Å²) in [6.07, 6.45) is 5.56. The highest BCUT2D eigenvalue weighted by Gasteiger charge is 2.12. The largest absolute Gasteiger partial charge is 0.399 e. The van der Waals surface area contributed by atoms with Gasteiger partial charge >= 0.3 is 0 Å². The molecule has 0 fully saturated rings. The second-order valence-corrected chi connectivity index (χ2v) is 4.32. The number of hydrogen-bond acceptors (Lipinski definition) is 3. The van der Waals surface area contributed by atoms with Crippen LogP contribution in [0.15, 0.2) is 42.3 Å². The van der Waals surface area contributed by atoms with E-state index in [2.05, 4.69) is 15.5 Å². The van der Waals surface area contributed by atoms with Crippen molar-refractivity contribution in [1.29, 1.82) is 0 Å². The summed E-state index contributed by atoms with van der Waals surface area (Å²) in [7, 11) is 0. The summed E-state index contributed by atoms with van der Waals surface area (Å²) in [5.74, 6) is 0.472. The number of nitrogen functional groups attached to an aromatic ring is 1. The molecule has 0 radical (unpaired) electrons. The van der Waals surface area contributed by atoms with E-state index in [0.29, 0.717) is 11.5 Å². The number of nitrogens with two attached hydrogens (primary N) is 1. The number of nitrogens with zero attached hydrogens (tertiary/aromatic N) is 1. The van der Waals surface area contributed by atoms with Crippen molar-refractivity contribution in [3.8, 4) is 0 Å². The maximum atomic E-state index is 13.1. The van der Waals surface area contributed by atoms with Crippen molar-refractivity contribution in [2.75, 3.05) is 11.1 Å². The first-order chi connectivity index (χ1) is 8.72. The monoisotopic (exact) mass is 244 g/mol. The first-order valence-corrected chi connectivity index (χ1v) is 5.76. The van der Waals surface area contributed by atoms with Crippen molar-refractivity contribution in [2.24, 2.45) is 0 Å². The van der Waals surface area contributed by atoms with Gasteiger partial charge in [-0.3, -0.25) is 5.10 Å². The van der Waals surface area contributed by atoms with Crippen LogP contribution in [-0.2, 0) is 0 Å². The number of halogens is 1. The third-order valence-electron chi connectivity index (χ3n) is 2.94. The summed E-state index contributed by atoms with van der Waals surface area (Å²) in [4.78, 5) is 0. The van der Waals surface area contributed by atoms with E-state index in [1.54, 1.807) is 12.2 Å². The van der Waals surface area contributed by atoms with Crippen molar-refractivity contribution < 1.29 is 4.39 Å². The minimum Gasteiger partial charge on any atom is -0.399 e. The van der Waals surface area contributed by atoms with Gasteiger partial charge in [-0.15, -0.1) is 0 Å². The van der Waals surface area contributed by atoms with Crippen LogP contribution in [0.5, 0.6) is 0 Å². The maximum absolute atomic E-state index is 13.1. The van der Waals surface area contributed by atoms with Crippen LogP contribution < -0.4 is 11.1 Å². The first kappa shape index (κ1) is 10.8. The summed E-state index contributed by atoms with van der Waals surface area (Å²) in [6, 6.07) is 5.45. The van der Waals surface area contributed by atoms with Crippen LogP contribution in [0.1, 0.15) is 6.42 Å². The molecule has 5 heteroatoms. The molecule has 1 unspecified atom stereocenters. The van der Waals surface area contributed by atoms with Gasteiger partial charge in [0.25, 0.3) is 0 Å². The zero-order valence-electron chi connectivity index (χ0n) is 9.65. The van der Waals surface area contributed by atoms with Gasteiger partial charge in [0.2, 0.25) is 0 Å². The average Bonchev–Trinajstić information content (AvgIpc) is 2.72. The highest BCUT2D eigenvalue weighted by atomic mass is 19.1. The Kier molecular flexibility index (Phi) is 2.51.